The van der Waals surface area contributed by atoms with Crippen molar-refractivity contribution in [1.29, 1.82) is 5.26 Å². The Hall–Kier alpha value is -4.26. The molecule has 2 heterocycles. The van der Waals surface area contributed by atoms with Gasteiger partial charge in [-0.3, -0.25) is 14.2 Å². The van der Waals surface area contributed by atoms with Crippen LogP contribution in [0, 0.1) is 11.3 Å². The number of hydrogen-bond acceptors (Lipinski definition) is 7. The highest BCUT2D eigenvalue weighted by Crippen LogP contribution is 2.32. The van der Waals surface area contributed by atoms with Crippen LogP contribution in [0.3, 0.4) is 0 Å². The molecular weight excluding hydrogens is 506 g/mol. The van der Waals surface area contributed by atoms with Crippen LogP contribution in [0.2, 0.25) is 0 Å². The summed E-state index contributed by atoms with van der Waals surface area (Å²) in [7, 11) is 1.70. The zero-order chi connectivity index (χ0) is 29.1. The Balaban J connectivity index is 1.36. The summed E-state index contributed by atoms with van der Waals surface area (Å²) in [5, 5.41) is 21.2. The number of anilines is 1. The average Bonchev–Trinajstić information content (AvgIpc) is 2.92. The fraction of sp³-hybridized carbons (Fsp3) is 0.355. The second-order valence-electron chi connectivity index (χ2n) is 11.3. The standard InChI is InChI=1S/C31H35N5O4/c1-22-20-35(15-16-36(22,30(38)39)31(2,3)4)21-23-9-11-25(12-10-23)34(5)29(37)28-14-13-27(19-33-28)40-26-8-6-7-24(17-26)18-32/h6-14,17,19,22H,15-16,20-21H2,1-5H3/t22-,36?/m0/s1. The minimum absolute atomic E-state index is 0.0507. The summed E-state index contributed by atoms with van der Waals surface area (Å²) in [6.45, 7) is 10.4. The number of ether oxygens (including phenoxy) is 1. The van der Waals surface area contributed by atoms with Gasteiger partial charge in [0.15, 0.2) is 0 Å². The quantitative estimate of drug-likeness (QED) is 0.431. The highest BCUT2D eigenvalue weighted by Gasteiger charge is 2.49. The third kappa shape index (κ3) is 5.83. The fourth-order valence-electron chi connectivity index (χ4n) is 5.51. The molecule has 0 radical (unpaired) electrons. The molecule has 1 fully saturated rings. The van der Waals surface area contributed by atoms with E-state index in [1.807, 2.05) is 52.0 Å². The summed E-state index contributed by atoms with van der Waals surface area (Å²) in [5.41, 5.74) is 2.14. The number of hydrogen-bond donors (Lipinski definition) is 0. The van der Waals surface area contributed by atoms with E-state index in [0.717, 1.165) is 11.3 Å². The molecule has 9 heteroatoms. The first-order valence-electron chi connectivity index (χ1n) is 13.3. The van der Waals surface area contributed by atoms with Crippen LogP contribution in [0.4, 0.5) is 10.5 Å². The molecule has 1 aliphatic heterocycles. The molecular formula is C31H35N5O4. The molecule has 2 aromatic carbocycles. The number of amides is 2. The van der Waals surface area contributed by atoms with Crippen molar-refractivity contribution < 1.29 is 23.9 Å². The highest BCUT2D eigenvalue weighted by molar-refractivity contribution is 6.04. The van der Waals surface area contributed by atoms with Crippen molar-refractivity contribution in [1.82, 2.24) is 9.88 Å². The number of carboxylic acid groups (broad SMARTS) is 1. The first-order valence-corrected chi connectivity index (χ1v) is 13.3. The van der Waals surface area contributed by atoms with Gasteiger partial charge in [-0.1, -0.05) is 18.2 Å². The van der Waals surface area contributed by atoms with Crippen molar-refractivity contribution >= 4 is 17.7 Å². The molecule has 2 amide bonds. The van der Waals surface area contributed by atoms with E-state index in [1.54, 1.807) is 48.3 Å². The number of pyridine rings is 1. The molecule has 1 aromatic heterocycles. The molecule has 0 aliphatic carbocycles. The molecule has 3 aromatic rings. The molecule has 9 nitrogen and oxygen atoms in total. The van der Waals surface area contributed by atoms with E-state index in [-0.39, 0.29) is 22.1 Å². The molecule has 40 heavy (non-hydrogen) atoms. The second kappa shape index (κ2) is 11.5. The predicted octanol–water partition coefficient (Wildman–Crippen LogP) is 4.18. The Bertz CT molecular complexity index is 1410. The maximum atomic E-state index is 13.1. The maximum Gasteiger partial charge on any atom is 0.276 e. The van der Waals surface area contributed by atoms with Crippen molar-refractivity contribution in [3.05, 3.63) is 83.7 Å². The van der Waals surface area contributed by atoms with Gasteiger partial charge in [-0.25, -0.2) is 4.98 Å². The van der Waals surface area contributed by atoms with Gasteiger partial charge in [-0.15, -0.1) is 0 Å². The summed E-state index contributed by atoms with van der Waals surface area (Å²) >= 11 is 0. The molecule has 0 N–H and O–H groups in total. The molecule has 1 unspecified atom stereocenters. The first kappa shape index (κ1) is 28.7. The molecule has 0 spiro atoms. The molecule has 1 saturated heterocycles. The van der Waals surface area contributed by atoms with Crippen molar-refractivity contribution in [3.8, 4) is 17.6 Å². The minimum Gasteiger partial charge on any atom is -0.498 e. The molecule has 208 valence electrons. The maximum absolute atomic E-state index is 13.1. The summed E-state index contributed by atoms with van der Waals surface area (Å²) < 4.78 is 5.70. The molecule has 1 aliphatic rings. The summed E-state index contributed by atoms with van der Waals surface area (Å²) in [6.07, 6.45) is 0.467. The summed E-state index contributed by atoms with van der Waals surface area (Å²) in [6, 6.07) is 19.8. The smallest absolute Gasteiger partial charge is 0.276 e. The van der Waals surface area contributed by atoms with E-state index in [0.29, 0.717) is 43.2 Å². The zero-order valence-electron chi connectivity index (χ0n) is 23.6. The Morgan fingerprint density at radius 2 is 1.88 bits per heavy atom. The number of quaternary nitrogens is 1. The van der Waals surface area contributed by atoms with Crippen LogP contribution in [0.15, 0.2) is 66.9 Å². The van der Waals surface area contributed by atoms with Crippen molar-refractivity contribution in [3.63, 3.8) is 0 Å². The van der Waals surface area contributed by atoms with Crippen LogP contribution >= 0.6 is 0 Å². The Morgan fingerprint density at radius 3 is 2.45 bits per heavy atom. The van der Waals surface area contributed by atoms with Gasteiger partial charge >= 0.3 is 0 Å². The lowest BCUT2D eigenvalue weighted by Gasteiger charge is -2.55. The van der Waals surface area contributed by atoms with Gasteiger partial charge in [0, 0.05) is 25.8 Å². The van der Waals surface area contributed by atoms with Gasteiger partial charge in [0.2, 0.25) is 0 Å². The average molecular weight is 542 g/mol. The monoisotopic (exact) mass is 541 g/mol. The Morgan fingerprint density at radius 1 is 1.15 bits per heavy atom. The van der Waals surface area contributed by atoms with E-state index in [1.165, 1.54) is 6.20 Å². The largest absolute Gasteiger partial charge is 0.498 e. The molecule has 0 bridgehead atoms. The number of aromatic nitrogens is 1. The van der Waals surface area contributed by atoms with Gasteiger partial charge in [0.1, 0.15) is 23.2 Å². The van der Waals surface area contributed by atoms with Gasteiger partial charge in [0.25, 0.3) is 12.0 Å². The number of benzene rings is 2. The molecule has 4 rings (SSSR count). The van der Waals surface area contributed by atoms with E-state index >= 15 is 0 Å². The van der Waals surface area contributed by atoms with Crippen molar-refractivity contribution in [2.75, 3.05) is 31.6 Å². The lowest BCUT2D eigenvalue weighted by molar-refractivity contribution is -0.943. The van der Waals surface area contributed by atoms with E-state index in [2.05, 4.69) is 16.0 Å². The predicted molar refractivity (Wildman–Crippen MR) is 150 cm³/mol. The SMILES string of the molecule is C[C@H]1CN(Cc2ccc(N(C)C(=O)c3ccc(Oc4cccc(C#N)c4)cn3)cc2)CC[N+]1(C(=O)[O-])C(C)(C)C. The normalized spacial score (nSPS) is 19.4. The zero-order valence-corrected chi connectivity index (χ0v) is 23.6. The number of rotatable bonds is 6. The fourth-order valence-corrected chi connectivity index (χ4v) is 5.51. The summed E-state index contributed by atoms with van der Waals surface area (Å²) in [5.74, 6) is 0.723. The van der Waals surface area contributed by atoms with Crippen LogP contribution in [-0.4, -0.2) is 64.6 Å². The van der Waals surface area contributed by atoms with Crippen LogP contribution in [0.1, 0.15) is 49.3 Å². The van der Waals surface area contributed by atoms with Crippen LogP contribution in [0.25, 0.3) is 0 Å². The third-order valence-corrected chi connectivity index (χ3v) is 7.76. The third-order valence-electron chi connectivity index (χ3n) is 7.76. The van der Waals surface area contributed by atoms with Crippen LogP contribution < -0.4 is 14.7 Å². The van der Waals surface area contributed by atoms with Crippen LogP contribution in [0.5, 0.6) is 11.5 Å². The van der Waals surface area contributed by atoms with Gasteiger partial charge in [0.05, 0.1) is 36.5 Å². The highest BCUT2D eigenvalue weighted by atomic mass is 16.5. The van der Waals surface area contributed by atoms with E-state index < -0.39 is 11.6 Å². The van der Waals surface area contributed by atoms with E-state index in [9.17, 15) is 14.7 Å². The Kier molecular flexibility index (Phi) is 8.24. The van der Waals surface area contributed by atoms with Crippen molar-refractivity contribution in [2.24, 2.45) is 0 Å². The minimum atomic E-state index is -1.02. The van der Waals surface area contributed by atoms with Gasteiger partial charge < -0.3 is 19.5 Å². The first-order chi connectivity index (χ1) is 18.9. The lowest BCUT2D eigenvalue weighted by atomic mass is 9.95. The topological polar surface area (TPSA) is 110 Å². The van der Waals surface area contributed by atoms with Gasteiger partial charge in [-0.2, -0.15) is 5.26 Å². The molecule has 0 saturated carbocycles. The van der Waals surface area contributed by atoms with Crippen molar-refractivity contribution in [2.45, 2.75) is 45.8 Å². The lowest BCUT2D eigenvalue weighted by Crippen LogP contribution is -2.76. The summed E-state index contributed by atoms with van der Waals surface area (Å²) in [4.78, 5) is 33.3. The number of piperazine rings is 1. The number of carbonyl (C=O) groups is 2. The number of nitrogens with zero attached hydrogens (tertiary/aromatic N) is 5. The molecule has 2 atom stereocenters. The number of carbonyl (C=O) groups excluding carboxylic acids is 2. The van der Waals surface area contributed by atoms with E-state index in [4.69, 9.17) is 10.00 Å². The van der Waals surface area contributed by atoms with Crippen LogP contribution in [-0.2, 0) is 6.54 Å². The second-order valence-corrected chi connectivity index (χ2v) is 11.3. The Labute approximate surface area is 235 Å². The number of nitriles is 1. The van der Waals surface area contributed by atoms with Gasteiger partial charge in [-0.05, 0) is 75.7 Å².